The van der Waals surface area contributed by atoms with Gasteiger partial charge in [0.25, 0.3) is 0 Å². The summed E-state index contributed by atoms with van der Waals surface area (Å²) in [6.07, 6.45) is 1.02. The summed E-state index contributed by atoms with van der Waals surface area (Å²) < 4.78 is 0. The average Bonchev–Trinajstić information content (AvgIpc) is 2.75. The number of carboxylic acid groups (broad SMARTS) is 1. The number of hydrogen-bond donors (Lipinski definition) is 8. The molecule has 13 nitrogen and oxygen atoms in total. The molecule has 0 rings (SSSR count). The van der Waals surface area contributed by atoms with Crippen LogP contribution in [0, 0.1) is 11.8 Å². The van der Waals surface area contributed by atoms with E-state index < -0.39 is 60.4 Å². The molecule has 0 aliphatic carbocycles. The molecule has 0 aromatic heterocycles. The number of aliphatic hydroxyl groups is 1. The Bertz CT molecular complexity index is 696. The Kier molecular flexibility index (Phi) is 13.7. The highest BCUT2D eigenvalue weighted by Gasteiger charge is 2.31. The number of carboxylic acids is 1. The van der Waals surface area contributed by atoms with Crippen molar-refractivity contribution in [2.75, 3.05) is 13.2 Å². The number of nitrogens with two attached hydrogens (primary N) is 3. The van der Waals surface area contributed by atoms with Crippen LogP contribution in [-0.2, 0) is 19.2 Å². The number of nitrogens with zero attached hydrogens (tertiary/aromatic N) is 1. The number of nitrogens with one attached hydrogen (secondary N) is 3. The second-order valence-electron chi connectivity index (χ2n) is 8.23. The molecule has 0 fully saturated rings. The van der Waals surface area contributed by atoms with Gasteiger partial charge in [-0.05, 0) is 24.7 Å². The van der Waals surface area contributed by atoms with Gasteiger partial charge in [-0.3, -0.25) is 19.4 Å². The van der Waals surface area contributed by atoms with Crippen LogP contribution in [0.15, 0.2) is 4.99 Å². The van der Waals surface area contributed by atoms with Crippen LogP contribution in [0.3, 0.4) is 0 Å². The van der Waals surface area contributed by atoms with E-state index in [9.17, 15) is 29.4 Å². The lowest BCUT2D eigenvalue weighted by Gasteiger charge is -2.26. The minimum absolute atomic E-state index is 0.0806. The Balaban J connectivity index is 5.41. The molecule has 3 amide bonds. The van der Waals surface area contributed by atoms with Gasteiger partial charge in [0, 0.05) is 6.54 Å². The van der Waals surface area contributed by atoms with Crippen molar-refractivity contribution < 1.29 is 29.4 Å². The molecule has 11 N–H and O–H groups in total. The van der Waals surface area contributed by atoms with E-state index in [1.807, 2.05) is 6.92 Å². The van der Waals surface area contributed by atoms with Crippen molar-refractivity contribution in [3.05, 3.63) is 0 Å². The Morgan fingerprint density at radius 2 is 1.48 bits per heavy atom. The molecule has 0 saturated carbocycles. The van der Waals surface area contributed by atoms with E-state index >= 15 is 0 Å². The molecule has 0 aromatic carbocycles. The number of amides is 3. The maximum Gasteiger partial charge on any atom is 0.326 e. The van der Waals surface area contributed by atoms with Crippen LogP contribution in [0.2, 0.25) is 0 Å². The van der Waals surface area contributed by atoms with Gasteiger partial charge in [-0.15, -0.1) is 0 Å². The lowest BCUT2D eigenvalue weighted by Crippen LogP contribution is -2.59. The Morgan fingerprint density at radius 3 is 1.94 bits per heavy atom. The fraction of sp³-hybridized carbons (Fsp3) is 0.750. The predicted molar refractivity (Wildman–Crippen MR) is 123 cm³/mol. The Labute approximate surface area is 193 Å². The summed E-state index contributed by atoms with van der Waals surface area (Å²) in [5, 5.41) is 26.2. The SMILES string of the molecule is CCC(C)C(N)C(=O)NC(CO)C(=O)NC(CCCN=C(N)N)C(=O)NC(C(=O)O)C(C)C. The summed E-state index contributed by atoms with van der Waals surface area (Å²) >= 11 is 0. The van der Waals surface area contributed by atoms with Gasteiger partial charge in [-0.2, -0.15) is 0 Å². The molecule has 0 aliphatic heterocycles. The van der Waals surface area contributed by atoms with Crippen molar-refractivity contribution >= 4 is 29.7 Å². The molecule has 5 atom stereocenters. The zero-order valence-electron chi connectivity index (χ0n) is 19.7. The van der Waals surface area contributed by atoms with Crippen LogP contribution in [0.25, 0.3) is 0 Å². The molecule has 0 aromatic rings. The minimum Gasteiger partial charge on any atom is -0.480 e. The fourth-order valence-corrected chi connectivity index (χ4v) is 2.79. The third-order valence-corrected chi connectivity index (χ3v) is 5.18. The highest BCUT2D eigenvalue weighted by Crippen LogP contribution is 2.07. The van der Waals surface area contributed by atoms with Crippen molar-refractivity contribution in [3.8, 4) is 0 Å². The molecule has 0 bridgehead atoms. The number of rotatable bonds is 15. The van der Waals surface area contributed by atoms with Crippen molar-refractivity contribution in [3.63, 3.8) is 0 Å². The van der Waals surface area contributed by atoms with E-state index in [4.69, 9.17) is 17.2 Å². The largest absolute Gasteiger partial charge is 0.480 e. The van der Waals surface area contributed by atoms with E-state index in [1.165, 1.54) is 0 Å². The standard InChI is InChI=1S/C20H39N7O6/c1-5-11(4)14(21)18(31)26-13(9-28)17(30)25-12(7-6-8-24-20(22)23)16(29)27-15(10(2)3)19(32)33/h10-15,28H,5-9,21H2,1-4H3,(H,25,30)(H,26,31)(H,27,29)(H,32,33)(H4,22,23,24). The lowest BCUT2D eigenvalue weighted by atomic mass is 9.99. The van der Waals surface area contributed by atoms with Crippen LogP contribution < -0.4 is 33.2 Å². The molecule has 0 radical (unpaired) electrons. The molecule has 190 valence electrons. The van der Waals surface area contributed by atoms with Gasteiger partial charge < -0.3 is 43.4 Å². The zero-order chi connectivity index (χ0) is 25.7. The van der Waals surface area contributed by atoms with Crippen LogP contribution in [0.5, 0.6) is 0 Å². The fourth-order valence-electron chi connectivity index (χ4n) is 2.79. The van der Waals surface area contributed by atoms with Gasteiger partial charge in [0.05, 0.1) is 12.6 Å². The van der Waals surface area contributed by atoms with Gasteiger partial charge in [-0.1, -0.05) is 34.1 Å². The third-order valence-electron chi connectivity index (χ3n) is 5.18. The van der Waals surface area contributed by atoms with Crippen molar-refractivity contribution in [1.82, 2.24) is 16.0 Å². The molecule has 33 heavy (non-hydrogen) atoms. The smallest absolute Gasteiger partial charge is 0.326 e. The quantitative estimate of drug-likeness (QED) is 0.0717. The van der Waals surface area contributed by atoms with Gasteiger partial charge in [0.15, 0.2) is 5.96 Å². The summed E-state index contributed by atoms with van der Waals surface area (Å²) in [7, 11) is 0. The highest BCUT2D eigenvalue weighted by molar-refractivity contribution is 5.94. The van der Waals surface area contributed by atoms with E-state index in [-0.39, 0.29) is 24.8 Å². The zero-order valence-corrected chi connectivity index (χ0v) is 19.7. The number of carbonyl (C=O) groups is 4. The van der Waals surface area contributed by atoms with E-state index in [2.05, 4.69) is 20.9 Å². The first-order chi connectivity index (χ1) is 15.3. The molecule has 13 heteroatoms. The Morgan fingerprint density at radius 1 is 0.939 bits per heavy atom. The molecule has 0 aliphatic rings. The molecule has 5 unspecified atom stereocenters. The van der Waals surface area contributed by atoms with E-state index in [0.29, 0.717) is 12.8 Å². The molecular weight excluding hydrogens is 434 g/mol. The van der Waals surface area contributed by atoms with E-state index in [0.717, 1.165) is 0 Å². The number of guanidine groups is 1. The maximum atomic E-state index is 12.8. The van der Waals surface area contributed by atoms with E-state index in [1.54, 1.807) is 20.8 Å². The normalized spacial score (nSPS) is 15.5. The predicted octanol–water partition coefficient (Wildman–Crippen LogP) is -2.40. The van der Waals surface area contributed by atoms with Crippen LogP contribution in [0.4, 0.5) is 0 Å². The molecular formula is C20H39N7O6. The first-order valence-electron chi connectivity index (χ1n) is 10.9. The summed E-state index contributed by atoms with van der Waals surface area (Å²) in [4.78, 5) is 53.0. The number of aliphatic imine (C=N–C) groups is 1. The number of aliphatic hydroxyl groups excluding tert-OH is 1. The third kappa shape index (κ3) is 11.0. The van der Waals surface area contributed by atoms with Crippen LogP contribution in [0.1, 0.15) is 47.0 Å². The summed E-state index contributed by atoms with van der Waals surface area (Å²) in [5.74, 6) is -4.07. The van der Waals surface area contributed by atoms with Crippen LogP contribution >= 0.6 is 0 Å². The minimum atomic E-state index is -1.35. The maximum absolute atomic E-state index is 12.8. The molecule has 0 saturated heterocycles. The summed E-state index contributed by atoms with van der Waals surface area (Å²) in [6, 6.07) is -4.54. The van der Waals surface area contributed by atoms with Gasteiger partial charge in [0.1, 0.15) is 18.1 Å². The highest BCUT2D eigenvalue weighted by atomic mass is 16.4. The second-order valence-corrected chi connectivity index (χ2v) is 8.23. The van der Waals surface area contributed by atoms with Crippen LogP contribution in [-0.4, -0.2) is 77.2 Å². The topological polar surface area (TPSA) is 235 Å². The molecule has 0 spiro atoms. The lowest BCUT2D eigenvalue weighted by molar-refractivity contribution is -0.143. The van der Waals surface area contributed by atoms with Gasteiger partial charge in [-0.25, -0.2) is 4.79 Å². The summed E-state index contributed by atoms with van der Waals surface area (Å²) in [6.45, 7) is 6.35. The Hall–Kier alpha value is -2.93. The first kappa shape index (κ1) is 30.1. The number of carbonyl (C=O) groups excluding carboxylic acids is 3. The summed E-state index contributed by atoms with van der Waals surface area (Å²) in [5.41, 5.74) is 16.4. The number of aliphatic carboxylic acids is 1. The van der Waals surface area contributed by atoms with Crippen molar-refractivity contribution in [2.45, 2.75) is 71.1 Å². The average molecular weight is 474 g/mol. The van der Waals surface area contributed by atoms with Gasteiger partial charge >= 0.3 is 5.97 Å². The monoisotopic (exact) mass is 473 g/mol. The van der Waals surface area contributed by atoms with Crippen molar-refractivity contribution in [2.24, 2.45) is 34.0 Å². The van der Waals surface area contributed by atoms with Gasteiger partial charge in [0.2, 0.25) is 17.7 Å². The van der Waals surface area contributed by atoms with Crippen molar-refractivity contribution in [1.29, 1.82) is 0 Å². The first-order valence-corrected chi connectivity index (χ1v) is 10.9. The second kappa shape index (κ2) is 15.0. The number of hydrogen-bond acceptors (Lipinski definition) is 7. The molecule has 0 heterocycles.